The maximum absolute atomic E-state index is 12.1. The minimum absolute atomic E-state index is 0.365. The maximum Gasteiger partial charge on any atom is 0.354 e. The number of hydrogen-bond donors (Lipinski definition) is 0. The van der Waals surface area contributed by atoms with Crippen molar-refractivity contribution in [3.05, 3.63) is 53.9 Å². The molecule has 18 heavy (non-hydrogen) atoms. The van der Waals surface area contributed by atoms with Gasteiger partial charge in [0.05, 0.1) is 13.2 Å². The van der Waals surface area contributed by atoms with Crippen LogP contribution in [0.1, 0.15) is 19.4 Å². The molecule has 0 saturated carbocycles. The number of allylic oxidation sites excluding steroid dienone is 2. The SMILES string of the molecule is CCOP(=O)(/C=C\C=C\c1ccccc1)OCC. The first-order valence-electron chi connectivity index (χ1n) is 6.00. The fraction of sp³-hybridized carbons (Fsp3) is 0.286. The third-order valence-electron chi connectivity index (χ3n) is 2.09. The summed E-state index contributed by atoms with van der Waals surface area (Å²) in [7, 11) is -3.07. The van der Waals surface area contributed by atoms with Crippen LogP contribution in [-0.4, -0.2) is 13.2 Å². The van der Waals surface area contributed by atoms with E-state index in [1.807, 2.05) is 42.5 Å². The van der Waals surface area contributed by atoms with Crippen LogP contribution in [0.5, 0.6) is 0 Å². The molecule has 1 rings (SSSR count). The molecule has 0 amide bonds. The molecular formula is C14H19O3P. The van der Waals surface area contributed by atoms with Crippen LogP contribution >= 0.6 is 7.60 Å². The van der Waals surface area contributed by atoms with Crippen LogP contribution in [-0.2, 0) is 13.6 Å². The van der Waals surface area contributed by atoms with E-state index in [1.54, 1.807) is 19.9 Å². The van der Waals surface area contributed by atoms with Crippen molar-refractivity contribution in [2.75, 3.05) is 13.2 Å². The van der Waals surface area contributed by atoms with Gasteiger partial charge in [0.1, 0.15) is 0 Å². The van der Waals surface area contributed by atoms with Gasteiger partial charge < -0.3 is 9.05 Å². The summed E-state index contributed by atoms with van der Waals surface area (Å²) in [6.45, 7) is 4.31. The molecule has 0 bridgehead atoms. The second kappa shape index (κ2) is 8.04. The monoisotopic (exact) mass is 266 g/mol. The van der Waals surface area contributed by atoms with E-state index in [1.165, 1.54) is 5.82 Å². The van der Waals surface area contributed by atoms with Crippen LogP contribution < -0.4 is 0 Å². The van der Waals surface area contributed by atoms with Gasteiger partial charge in [0, 0.05) is 5.82 Å². The van der Waals surface area contributed by atoms with Crippen molar-refractivity contribution in [1.82, 2.24) is 0 Å². The average molecular weight is 266 g/mol. The Labute approximate surface area is 109 Å². The maximum atomic E-state index is 12.1. The average Bonchev–Trinajstić information content (AvgIpc) is 2.37. The molecule has 0 N–H and O–H groups in total. The van der Waals surface area contributed by atoms with Gasteiger partial charge in [-0.15, -0.1) is 0 Å². The second-order valence-electron chi connectivity index (χ2n) is 3.49. The third kappa shape index (κ3) is 5.46. The highest BCUT2D eigenvalue weighted by Gasteiger charge is 2.17. The van der Waals surface area contributed by atoms with Gasteiger partial charge in [0.25, 0.3) is 0 Å². The Hall–Kier alpha value is -1.15. The third-order valence-corrected chi connectivity index (χ3v) is 3.86. The van der Waals surface area contributed by atoms with E-state index in [-0.39, 0.29) is 0 Å². The highest BCUT2D eigenvalue weighted by atomic mass is 31.2. The first kappa shape index (κ1) is 14.9. The Morgan fingerprint density at radius 1 is 1.06 bits per heavy atom. The molecule has 4 heteroatoms. The first-order valence-corrected chi connectivity index (χ1v) is 7.61. The zero-order valence-electron chi connectivity index (χ0n) is 10.8. The van der Waals surface area contributed by atoms with Crippen molar-refractivity contribution in [3.8, 4) is 0 Å². The van der Waals surface area contributed by atoms with Crippen molar-refractivity contribution in [1.29, 1.82) is 0 Å². The molecule has 3 nitrogen and oxygen atoms in total. The van der Waals surface area contributed by atoms with E-state index in [2.05, 4.69) is 0 Å². The lowest BCUT2D eigenvalue weighted by molar-refractivity contribution is 0.229. The molecule has 1 aromatic carbocycles. The van der Waals surface area contributed by atoms with Crippen LogP contribution in [0.15, 0.2) is 48.3 Å². The molecule has 0 aliphatic heterocycles. The van der Waals surface area contributed by atoms with Crippen molar-refractivity contribution in [3.63, 3.8) is 0 Å². The molecule has 0 aliphatic carbocycles. The molecular weight excluding hydrogens is 247 g/mol. The van der Waals surface area contributed by atoms with E-state index in [0.717, 1.165) is 5.56 Å². The zero-order valence-corrected chi connectivity index (χ0v) is 11.7. The Bertz CT molecular complexity index is 428. The predicted octanol–water partition coefficient (Wildman–Crippen LogP) is 4.48. The molecule has 0 atom stereocenters. The first-order chi connectivity index (χ1) is 8.70. The minimum Gasteiger partial charge on any atom is -0.306 e. The smallest absolute Gasteiger partial charge is 0.306 e. The highest BCUT2D eigenvalue weighted by molar-refractivity contribution is 7.57. The molecule has 0 aromatic heterocycles. The summed E-state index contributed by atoms with van der Waals surface area (Å²) in [5.74, 6) is 1.49. The lowest BCUT2D eigenvalue weighted by atomic mass is 10.2. The standard InChI is InChI=1S/C14H19O3P/c1-3-16-18(15,17-4-2)13-9-8-12-14-10-6-5-7-11-14/h5-13H,3-4H2,1-2H3/b12-8+,13-9-. The van der Waals surface area contributed by atoms with Crippen LogP contribution in [0.2, 0.25) is 0 Å². The fourth-order valence-corrected chi connectivity index (χ4v) is 2.65. The van der Waals surface area contributed by atoms with E-state index in [0.29, 0.717) is 13.2 Å². The summed E-state index contributed by atoms with van der Waals surface area (Å²) in [5.41, 5.74) is 1.09. The van der Waals surface area contributed by atoms with Crippen LogP contribution in [0.25, 0.3) is 6.08 Å². The predicted molar refractivity (Wildman–Crippen MR) is 75.5 cm³/mol. The number of hydrogen-bond acceptors (Lipinski definition) is 3. The van der Waals surface area contributed by atoms with Gasteiger partial charge >= 0.3 is 7.60 Å². The topological polar surface area (TPSA) is 35.5 Å². The van der Waals surface area contributed by atoms with Crippen LogP contribution in [0.3, 0.4) is 0 Å². The summed E-state index contributed by atoms with van der Waals surface area (Å²) in [6.07, 6.45) is 5.44. The summed E-state index contributed by atoms with van der Waals surface area (Å²) in [4.78, 5) is 0. The molecule has 0 radical (unpaired) electrons. The van der Waals surface area contributed by atoms with Crippen molar-refractivity contribution < 1.29 is 13.6 Å². The van der Waals surface area contributed by atoms with E-state index < -0.39 is 7.60 Å². The Balaban J connectivity index is 2.62. The van der Waals surface area contributed by atoms with Gasteiger partial charge in [0.15, 0.2) is 0 Å². The largest absolute Gasteiger partial charge is 0.354 e. The summed E-state index contributed by atoms with van der Waals surface area (Å²) in [5, 5.41) is 0. The summed E-state index contributed by atoms with van der Waals surface area (Å²) >= 11 is 0. The van der Waals surface area contributed by atoms with Gasteiger partial charge in [-0.1, -0.05) is 48.6 Å². The molecule has 98 valence electrons. The van der Waals surface area contributed by atoms with Gasteiger partial charge in [-0.05, 0) is 19.4 Å². The van der Waals surface area contributed by atoms with Crippen LogP contribution in [0, 0.1) is 0 Å². The molecule has 0 saturated heterocycles. The van der Waals surface area contributed by atoms with Crippen molar-refractivity contribution in [2.45, 2.75) is 13.8 Å². The Morgan fingerprint density at radius 2 is 1.67 bits per heavy atom. The van der Waals surface area contributed by atoms with Gasteiger partial charge in [0.2, 0.25) is 0 Å². The van der Waals surface area contributed by atoms with Crippen LogP contribution in [0.4, 0.5) is 0 Å². The molecule has 1 aromatic rings. The molecule has 0 unspecified atom stereocenters. The summed E-state index contributed by atoms with van der Waals surface area (Å²) < 4.78 is 22.3. The lowest BCUT2D eigenvalue weighted by Gasteiger charge is -2.11. The van der Waals surface area contributed by atoms with E-state index in [9.17, 15) is 4.57 Å². The summed E-state index contributed by atoms with van der Waals surface area (Å²) in [6, 6.07) is 9.89. The molecule has 0 heterocycles. The Morgan fingerprint density at radius 3 is 2.22 bits per heavy atom. The fourth-order valence-electron chi connectivity index (χ4n) is 1.37. The van der Waals surface area contributed by atoms with Gasteiger partial charge in [-0.3, -0.25) is 4.57 Å². The Kier molecular flexibility index (Phi) is 6.66. The highest BCUT2D eigenvalue weighted by Crippen LogP contribution is 2.49. The van der Waals surface area contributed by atoms with Gasteiger partial charge in [-0.25, -0.2) is 0 Å². The van der Waals surface area contributed by atoms with Crippen molar-refractivity contribution in [2.24, 2.45) is 0 Å². The van der Waals surface area contributed by atoms with Gasteiger partial charge in [-0.2, -0.15) is 0 Å². The van der Waals surface area contributed by atoms with E-state index in [4.69, 9.17) is 9.05 Å². The quantitative estimate of drug-likeness (QED) is 0.539. The van der Waals surface area contributed by atoms with E-state index >= 15 is 0 Å². The lowest BCUT2D eigenvalue weighted by Crippen LogP contribution is -1.92. The minimum atomic E-state index is -3.07. The van der Waals surface area contributed by atoms with Crippen molar-refractivity contribution >= 4 is 13.7 Å². The molecule has 0 aliphatic rings. The second-order valence-corrected chi connectivity index (χ2v) is 5.38. The molecule has 0 fully saturated rings. The zero-order chi connectivity index (χ0) is 13.3. The normalized spacial score (nSPS) is 12.6. The number of benzene rings is 1. The molecule has 0 spiro atoms. The number of rotatable bonds is 7.